The lowest BCUT2D eigenvalue weighted by Gasteiger charge is -2.24. The highest BCUT2D eigenvalue weighted by Gasteiger charge is 2.30. The Morgan fingerprint density at radius 2 is 2.04 bits per heavy atom. The summed E-state index contributed by atoms with van der Waals surface area (Å²) in [6, 6.07) is 8.25. The minimum absolute atomic E-state index is 0.345. The lowest BCUT2D eigenvalue weighted by atomic mass is 10.2. The van der Waals surface area contributed by atoms with E-state index in [2.05, 4.69) is 28.9 Å². The van der Waals surface area contributed by atoms with Crippen LogP contribution in [0.2, 0.25) is 0 Å². The van der Waals surface area contributed by atoms with Crippen LogP contribution in [0.15, 0.2) is 34.9 Å². The fraction of sp³-hybridized carbons (Fsp3) is 0.526. The summed E-state index contributed by atoms with van der Waals surface area (Å²) in [6.45, 7) is 2.75. The molecule has 6 heteroatoms. The molecule has 0 amide bonds. The maximum absolute atomic E-state index is 5.64. The van der Waals surface area contributed by atoms with Gasteiger partial charge in [-0.2, -0.15) is 0 Å². The van der Waals surface area contributed by atoms with E-state index < -0.39 is 0 Å². The van der Waals surface area contributed by atoms with Crippen LogP contribution >= 0.6 is 0 Å². The predicted molar refractivity (Wildman–Crippen MR) is 96.7 cm³/mol. The van der Waals surface area contributed by atoms with Crippen LogP contribution in [0, 0.1) is 0 Å². The molecule has 0 spiro atoms. The molecule has 2 aromatic rings. The van der Waals surface area contributed by atoms with Crippen LogP contribution in [0.1, 0.15) is 12.1 Å². The summed E-state index contributed by atoms with van der Waals surface area (Å²) in [7, 11) is 7.73. The van der Waals surface area contributed by atoms with E-state index in [1.807, 2.05) is 24.3 Å². The molecule has 0 radical (unpaired) electrons. The molecule has 0 aliphatic carbocycles. The van der Waals surface area contributed by atoms with Crippen LogP contribution in [0.3, 0.4) is 0 Å². The first-order valence-corrected chi connectivity index (χ1v) is 8.59. The number of benzene rings is 1. The Balaban J connectivity index is 1.57. The zero-order chi connectivity index (χ0) is 17.8. The Bertz CT molecular complexity index is 671. The van der Waals surface area contributed by atoms with Crippen molar-refractivity contribution in [3.8, 4) is 17.2 Å². The van der Waals surface area contributed by atoms with Gasteiger partial charge in [-0.3, -0.25) is 9.80 Å². The molecule has 1 fully saturated rings. The number of likely N-dealkylation sites (tertiary alicyclic amines) is 1. The lowest BCUT2D eigenvalue weighted by Crippen LogP contribution is -2.36. The van der Waals surface area contributed by atoms with Crippen molar-refractivity contribution < 1.29 is 13.9 Å². The van der Waals surface area contributed by atoms with Gasteiger partial charge in [0.05, 0.1) is 18.9 Å². The second-order valence-corrected chi connectivity index (χ2v) is 6.76. The van der Waals surface area contributed by atoms with E-state index in [4.69, 9.17) is 13.9 Å². The molecular formula is C19H27N3O3. The highest BCUT2D eigenvalue weighted by atomic mass is 16.5. The average molecular weight is 345 g/mol. The summed E-state index contributed by atoms with van der Waals surface area (Å²) in [6.07, 6.45) is 3.16. The van der Waals surface area contributed by atoms with E-state index in [1.54, 1.807) is 20.5 Å². The van der Waals surface area contributed by atoms with Crippen molar-refractivity contribution in [1.82, 2.24) is 14.8 Å². The van der Waals surface area contributed by atoms with Gasteiger partial charge in [0.15, 0.2) is 0 Å². The van der Waals surface area contributed by atoms with E-state index in [9.17, 15) is 0 Å². The third kappa shape index (κ3) is 4.39. The van der Waals surface area contributed by atoms with Gasteiger partial charge in [0, 0.05) is 38.3 Å². The molecule has 25 heavy (non-hydrogen) atoms. The molecule has 3 rings (SSSR count). The van der Waals surface area contributed by atoms with Gasteiger partial charge in [-0.15, -0.1) is 0 Å². The Hall–Kier alpha value is -1.89. The van der Waals surface area contributed by atoms with E-state index in [0.29, 0.717) is 18.0 Å². The number of aromatic nitrogens is 1. The van der Waals surface area contributed by atoms with Gasteiger partial charge in [-0.05, 0) is 44.8 Å². The molecule has 0 unspecified atom stereocenters. The van der Waals surface area contributed by atoms with E-state index in [0.717, 1.165) is 43.1 Å². The molecule has 136 valence electrons. The number of likely N-dealkylation sites (N-methyl/N-ethyl adjacent to an activating group) is 2. The fourth-order valence-electron chi connectivity index (χ4n) is 3.36. The van der Waals surface area contributed by atoms with Crippen LogP contribution in [0.25, 0.3) is 11.5 Å². The molecule has 1 aliphatic rings. The molecular weight excluding hydrogens is 318 g/mol. The maximum Gasteiger partial charge on any atom is 0.226 e. The number of hydrogen-bond donors (Lipinski definition) is 0. The number of rotatable bonds is 7. The SMILES string of the molecule is COc1ccc(-c2nc(CN(C)C[C@@H]3C[C@H](OC)CN3C)co2)cc1. The molecule has 0 saturated carbocycles. The van der Waals surface area contributed by atoms with E-state index >= 15 is 0 Å². The summed E-state index contributed by atoms with van der Waals surface area (Å²) < 4.78 is 16.3. The molecule has 0 bridgehead atoms. The monoisotopic (exact) mass is 345 g/mol. The summed E-state index contributed by atoms with van der Waals surface area (Å²) in [5, 5.41) is 0. The lowest BCUT2D eigenvalue weighted by molar-refractivity contribution is 0.111. The quantitative estimate of drug-likeness (QED) is 0.768. The van der Waals surface area contributed by atoms with E-state index in [1.165, 1.54) is 0 Å². The van der Waals surface area contributed by atoms with Gasteiger partial charge < -0.3 is 13.9 Å². The van der Waals surface area contributed by atoms with Crippen molar-refractivity contribution in [3.63, 3.8) is 0 Å². The van der Waals surface area contributed by atoms with Crippen LogP contribution in [-0.4, -0.2) is 68.3 Å². The topological polar surface area (TPSA) is 51.0 Å². The maximum atomic E-state index is 5.64. The van der Waals surface area contributed by atoms with Crippen molar-refractivity contribution in [3.05, 3.63) is 36.2 Å². The molecule has 1 aromatic carbocycles. The van der Waals surface area contributed by atoms with Gasteiger partial charge in [-0.25, -0.2) is 4.98 Å². The number of hydrogen-bond acceptors (Lipinski definition) is 6. The standard InChI is InChI=1S/C19H27N3O3/c1-21(11-16-9-18(24-4)12-22(16)2)10-15-13-25-19(20-15)14-5-7-17(23-3)8-6-14/h5-8,13,16,18H,9-12H2,1-4H3/t16-,18-/m0/s1. The first kappa shape index (κ1) is 17.9. The number of ether oxygens (including phenoxy) is 2. The van der Waals surface area contributed by atoms with Gasteiger partial charge in [-0.1, -0.05) is 0 Å². The fourth-order valence-corrected chi connectivity index (χ4v) is 3.36. The Labute approximate surface area is 149 Å². The third-order valence-corrected chi connectivity index (χ3v) is 4.83. The Morgan fingerprint density at radius 1 is 1.28 bits per heavy atom. The van der Waals surface area contributed by atoms with Crippen molar-refractivity contribution in [2.45, 2.75) is 25.1 Å². The van der Waals surface area contributed by atoms with Crippen LogP contribution in [-0.2, 0) is 11.3 Å². The highest BCUT2D eigenvalue weighted by Crippen LogP contribution is 2.23. The van der Waals surface area contributed by atoms with Crippen molar-refractivity contribution in [2.24, 2.45) is 0 Å². The average Bonchev–Trinajstić information content (AvgIpc) is 3.22. The Morgan fingerprint density at radius 3 is 2.68 bits per heavy atom. The second kappa shape index (κ2) is 7.99. The van der Waals surface area contributed by atoms with Crippen molar-refractivity contribution >= 4 is 0 Å². The van der Waals surface area contributed by atoms with Gasteiger partial charge in [0.1, 0.15) is 12.0 Å². The van der Waals surface area contributed by atoms with Crippen molar-refractivity contribution in [1.29, 1.82) is 0 Å². The zero-order valence-corrected chi connectivity index (χ0v) is 15.4. The second-order valence-electron chi connectivity index (χ2n) is 6.76. The highest BCUT2D eigenvalue weighted by molar-refractivity contribution is 5.54. The first-order chi connectivity index (χ1) is 12.1. The molecule has 2 atom stereocenters. The minimum atomic E-state index is 0.345. The number of nitrogens with zero attached hydrogens (tertiary/aromatic N) is 3. The minimum Gasteiger partial charge on any atom is -0.497 e. The Kier molecular flexibility index (Phi) is 5.73. The van der Waals surface area contributed by atoms with Crippen LogP contribution in [0.5, 0.6) is 5.75 Å². The van der Waals surface area contributed by atoms with Crippen molar-refractivity contribution in [2.75, 3.05) is 41.4 Å². The summed E-state index contributed by atoms with van der Waals surface area (Å²) >= 11 is 0. The molecule has 6 nitrogen and oxygen atoms in total. The third-order valence-electron chi connectivity index (χ3n) is 4.83. The molecule has 1 aliphatic heterocycles. The number of oxazole rings is 1. The normalized spacial score (nSPS) is 21.2. The summed E-state index contributed by atoms with van der Waals surface area (Å²) in [4.78, 5) is 9.27. The number of methoxy groups -OCH3 is 2. The smallest absolute Gasteiger partial charge is 0.226 e. The van der Waals surface area contributed by atoms with Gasteiger partial charge in [0.25, 0.3) is 0 Å². The molecule has 1 aromatic heterocycles. The van der Waals surface area contributed by atoms with Crippen LogP contribution < -0.4 is 4.74 Å². The summed E-state index contributed by atoms with van der Waals surface area (Å²) in [5.74, 6) is 1.47. The largest absolute Gasteiger partial charge is 0.497 e. The first-order valence-electron chi connectivity index (χ1n) is 8.59. The molecule has 0 N–H and O–H groups in total. The van der Waals surface area contributed by atoms with Gasteiger partial charge >= 0.3 is 0 Å². The molecule has 2 heterocycles. The van der Waals surface area contributed by atoms with Crippen LogP contribution in [0.4, 0.5) is 0 Å². The molecule has 1 saturated heterocycles. The summed E-state index contributed by atoms with van der Waals surface area (Å²) in [5.41, 5.74) is 1.89. The van der Waals surface area contributed by atoms with E-state index in [-0.39, 0.29) is 0 Å². The predicted octanol–water partition coefficient (Wildman–Crippen LogP) is 2.50. The zero-order valence-electron chi connectivity index (χ0n) is 15.4. The van der Waals surface area contributed by atoms with Gasteiger partial charge in [0.2, 0.25) is 5.89 Å².